The van der Waals surface area contributed by atoms with Crippen LogP contribution in [0.1, 0.15) is 66.4 Å². The number of benzene rings is 2. The van der Waals surface area contributed by atoms with Gasteiger partial charge >= 0.3 is 6.36 Å². The van der Waals surface area contributed by atoms with E-state index in [-0.39, 0.29) is 35.7 Å². The van der Waals surface area contributed by atoms with E-state index in [1.807, 2.05) is 12.1 Å². The number of aliphatic hydroxyl groups is 1. The van der Waals surface area contributed by atoms with E-state index < -0.39 is 46.7 Å². The third-order valence-corrected chi connectivity index (χ3v) is 12.1. The number of hydrogen-bond acceptors (Lipinski definition) is 7. The number of fused-ring (bicyclic) bond motifs is 4. The number of sulfonamides is 1. The van der Waals surface area contributed by atoms with Crippen LogP contribution in [0.25, 0.3) is 0 Å². The zero-order valence-corrected chi connectivity index (χ0v) is 26.8. The highest BCUT2D eigenvalue weighted by Crippen LogP contribution is 2.46. The summed E-state index contributed by atoms with van der Waals surface area (Å²) in [7, 11) is -4.39. The highest BCUT2D eigenvalue weighted by Gasteiger charge is 2.44. The van der Waals surface area contributed by atoms with Crippen molar-refractivity contribution in [1.82, 2.24) is 4.72 Å². The molecule has 13 heteroatoms. The molecule has 1 saturated carbocycles. The van der Waals surface area contributed by atoms with Crippen LogP contribution < -0.4 is 14.4 Å². The van der Waals surface area contributed by atoms with Crippen LogP contribution in [-0.4, -0.2) is 63.5 Å². The fourth-order valence-electron chi connectivity index (χ4n) is 7.50. The summed E-state index contributed by atoms with van der Waals surface area (Å²) in [5.41, 5.74) is 2.75. The monoisotopic (exact) mass is 682 g/mol. The van der Waals surface area contributed by atoms with Gasteiger partial charge in [0.25, 0.3) is 5.91 Å². The maximum Gasteiger partial charge on any atom is 0.522 e. The Bertz CT molecular complexity index is 1600. The molecule has 1 amide bonds. The Morgan fingerprint density at radius 3 is 2.74 bits per heavy atom. The van der Waals surface area contributed by atoms with Gasteiger partial charge in [-0.3, -0.25) is 9.53 Å². The Kier molecular flexibility index (Phi) is 9.37. The molecule has 0 unspecified atom stereocenters. The van der Waals surface area contributed by atoms with Crippen molar-refractivity contribution in [3.63, 3.8) is 0 Å². The molecular formula is C33H38ClF3N2O6S. The van der Waals surface area contributed by atoms with Crippen molar-refractivity contribution in [3.8, 4) is 5.75 Å². The number of aryl methyl sites for hydroxylation is 1. The molecule has 8 nitrogen and oxygen atoms in total. The predicted octanol–water partition coefficient (Wildman–Crippen LogP) is 5.90. The summed E-state index contributed by atoms with van der Waals surface area (Å²) < 4.78 is 77.0. The number of nitrogens with zero attached hydrogens (tertiary/aromatic N) is 1. The smallest absolute Gasteiger partial charge is 0.490 e. The molecule has 0 aromatic heterocycles. The van der Waals surface area contributed by atoms with Gasteiger partial charge in [0.2, 0.25) is 10.0 Å². The number of allylic oxidation sites excluding steroid dienone is 1. The van der Waals surface area contributed by atoms with Crippen molar-refractivity contribution in [3.05, 3.63) is 70.3 Å². The van der Waals surface area contributed by atoms with Gasteiger partial charge in [-0.05, 0) is 105 Å². The lowest BCUT2D eigenvalue weighted by atomic mass is 9.68. The van der Waals surface area contributed by atoms with Crippen LogP contribution in [0.3, 0.4) is 0 Å². The second-order valence-corrected chi connectivity index (χ2v) is 15.4. The molecule has 2 aliphatic carbocycles. The maximum atomic E-state index is 13.4. The van der Waals surface area contributed by atoms with Crippen LogP contribution in [0, 0.1) is 11.8 Å². The second-order valence-electron chi connectivity index (χ2n) is 13.0. The molecule has 2 aromatic rings. The highest BCUT2D eigenvalue weighted by molar-refractivity contribution is 7.90. The first-order valence-corrected chi connectivity index (χ1v) is 17.7. The van der Waals surface area contributed by atoms with Crippen LogP contribution in [0.4, 0.5) is 18.9 Å². The Hall–Kier alpha value is -2.80. The average molecular weight is 683 g/mol. The van der Waals surface area contributed by atoms with Gasteiger partial charge in [-0.25, -0.2) is 13.1 Å². The van der Waals surface area contributed by atoms with Crippen LogP contribution in [-0.2, 0) is 26.6 Å². The van der Waals surface area contributed by atoms with E-state index in [2.05, 4.69) is 20.4 Å². The first-order valence-electron chi connectivity index (χ1n) is 15.8. The molecule has 0 saturated heterocycles. The molecule has 4 aliphatic rings. The number of carbonyl (C=O) groups is 1. The molecule has 2 aromatic carbocycles. The molecule has 2 N–H and O–H groups in total. The van der Waals surface area contributed by atoms with E-state index in [9.17, 15) is 31.5 Å². The third kappa shape index (κ3) is 7.05. The average Bonchev–Trinajstić information content (AvgIpc) is 3.12. The number of anilines is 1. The van der Waals surface area contributed by atoms with Crippen molar-refractivity contribution >= 4 is 33.2 Å². The molecule has 0 radical (unpaired) electrons. The van der Waals surface area contributed by atoms with Gasteiger partial charge < -0.3 is 14.7 Å². The molecule has 5 atom stereocenters. The molecule has 6 rings (SSSR count). The molecule has 2 heterocycles. The zero-order chi connectivity index (χ0) is 32.7. The Morgan fingerprint density at radius 1 is 1.15 bits per heavy atom. The number of aliphatic hydroxyl groups excluding tert-OH is 1. The lowest BCUT2D eigenvalue weighted by molar-refractivity contribution is -0.324. The molecule has 46 heavy (non-hydrogen) atoms. The zero-order valence-electron chi connectivity index (χ0n) is 25.3. The minimum Gasteiger partial charge on any atom is -0.490 e. The summed E-state index contributed by atoms with van der Waals surface area (Å²) in [5.74, 6) is -0.164. The molecule has 250 valence electrons. The van der Waals surface area contributed by atoms with Crippen LogP contribution >= 0.6 is 11.6 Å². The molecular weight excluding hydrogens is 645 g/mol. The largest absolute Gasteiger partial charge is 0.522 e. The fraction of sp³-hybridized carbons (Fsp3) is 0.545. The van der Waals surface area contributed by atoms with E-state index in [0.717, 1.165) is 32.1 Å². The van der Waals surface area contributed by atoms with Gasteiger partial charge in [-0.15, -0.1) is 13.2 Å². The minimum atomic E-state index is -4.91. The number of amides is 1. The Balaban J connectivity index is 1.36. The summed E-state index contributed by atoms with van der Waals surface area (Å²) in [6.07, 6.45) is 1.82. The van der Waals surface area contributed by atoms with Crippen LogP contribution in [0.5, 0.6) is 5.75 Å². The quantitative estimate of drug-likeness (QED) is 0.388. The van der Waals surface area contributed by atoms with Gasteiger partial charge in [-0.1, -0.05) is 29.8 Å². The predicted molar refractivity (Wildman–Crippen MR) is 168 cm³/mol. The number of nitrogens with one attached hydrogen (secondary N) is 1. The standard InChI is InChI=1S/C33H38ClF3N2O6S/c34-24-9-11-27-21(16-24)4-3-14-32(27)19-39-18-23-7-10-26(23)29(40)6-2-1-5-25(13-15-45-33(35,36)37)46(42,43)38-31(41)22-8-12-30(44-20-32)28(39)17-22/h2,6,8-9,11-12,16-17,23,25-26,29,40H,1,3-5,7,10,13-15,18-20H2,(H,38,41)/b6-2+/t23-,25+,26+,29-,32-/m0/s1. The highest BCUT2D eigenvalue weighted by atomic mass is 35.5. The number of rotatable bonds is 3. The number of halogens is 4. The lowest BCUT2D eigenvalue weighted by Gasteiger charge is -2.45. The van der Waals surface area contributed by atoms with Crippen LogP contribution in [0.15, 0.2) is 48.6 Å². The van der Waals surface area contributed by atoms with Crippen molar-refractivity contribution in [2.75, 3.05) is 31.2 Å². The van der Waals surface area contributed by atoms with E-state index in [1.54, 1.807) is 24.3 Å². The van der Waals surface area contributed by atoms with Gasteiger partial charge in [-0.2, -0.15) is 0 Å². The molecule has 2 bridgehead atoms. The van der Waals surface area contributed by atoms with E-state index in [4.69, 9.17) is 16.3 Å². The Morgan fingerprint density at radius 2 is 1.98 bits per heavy atom. The lowest BCUT2D eigenvalue weighted by Crippen LogP contribution is -2.49. The van der Waals surface area contributed by atoms with Gasteiger partial charge in [0.05, 0.1) is 30.3 Å². The number of carbonyl (C=O) groups excluding carboxylic acids is 1. The van der Waals surface area contributed by atoms with Gasteiger partial charge in [0.1, 0.15) is 5.75 Å². The molecule has 1 spiro atoms. The number of hydrogen-bond donors (Lipinski definition) is 2. The molecule has 1 fully saturated rings. The minimum absolute atomic E-state index is 0.0172. The maximum absolute atomic E-state index is 13.4. The van der Waals surface area contributed by atoms with E-state index in [0.29, 0.717) is 36.2 Å². The fourth-order valence-corrected chi connectivity index (χ4v) is 9.09. The first kappa shape index (κ1) is 33.1. The first-order chi connectivity index (χ1) is 21.8. The topological polar surface area (TPSA) is 105 Å². The second kappa shape index (κ2) is 13.0. The summed E-state index contributed by atoms with van der Waals surface area (Å²) in [5, 5.41) is 10.5. The number of ether oxygens (including phenoxy) is 2. The normalized spacial score (nSPS) is 30.2. The van der Waals surface area contributed by atoms with Crippen molar-refractivity contribution < 1.29 is 41.0 Å². The van der Waals surface area contributed by atoms with Crippen molar-refractivity contribution in [1.29, 1.82) is 0 Å². The summed E-state index contributed by atoms with van der Waals surface area (Å²) in [6.45, 7) is 0.740. The summed E-state index contributed by atoms with van der Waals surface area (Å²) in [6, 6.07) is 10.8. The molecule has 2 aliphatic heterocycles. The van der Waals surface area contributed by atoms with Gasteiger partial charge in [0, 0.05) is 29.1 Å². The summed E-state index contributed by atoms with van der Waals surface area (Å²) >= 11 is 6.36. The Labute approximate surface area is 271 Å². The third-order valence-electron chi connectivity index (χ3n) is 10.0. The van der Waals surface area contributed by atoms with Gasteiger partial charge in [0.15, 0.2) is 0 Å². The van der Waals surface area contributed by atoms with Crippen LogP contribution in [0.2, 0.25) is 5.02 Å². The van der Waals surface area contributed by atoms with Crippen molar-refractivity contribution in [2.45, 2.75) is 74.5 Å². The SMILES string of the molecule is O=C1NS(=O)(=O)[C@@H](CCOC(F)(F)F)CC/C=C/[C@H](O)[C@@H]2CC[C@H]2CN2C[C@@]3(CCCc4cc(Cl)ccc43)COc3ccc1cc32. The van der Waals surface area contributed by atoms with E-state index in [1.165, 1.54) is 17.2 Å². The van der Waals surface area contributed by atoms with Crippen molar-refractivity contribution in [2.24, 2.45) is 11.8 Å². The number of alkyl halides is 3. The van der Waals surface area contributed by atoms with E-state index >= 15 is 0 Å². The summed E-state index contributed by atoms with van der Waals surface area (Å²) in [4.78, 5) is 15.6.